The molecule has 0 aliphatic heterocycles. The molecule has 5 heteroatoms. The summed E-state index contributed by atoms with van der Waals surface area (Å²) in [6.07, 6.45) is 0.620. The van der Waals surface area contributed by atoms with E-state index in [4.69, 9.17) is 5.73 Å². The average molecular weight is 208 g/mol. The molecule has 0 aromatic rings. The zero-order valence-electron chi connectivity index (χ0n) is 7.58. The van der Waals surface area contributed by atoms with E-state index in [1.807, 2.05) is 0 Å². The van der Waals surface area contributed by atoms with Gasteiger partial charge in [0.1, 0.15) is 0 Å². The monoisotopic (exact) mass is 208 g/mol. The van der Waals surface area contributed by atoms with Crippen LogP contribution in [-0.2, 0) is 4.79 Å². The molecule has 72 valence electrons. The maximum Gasteiger partial charge on any atom is 0.222 e. The van der Waals surface area contributed by atoms with Gasteiger partial charge in [-0.05, 0) is 0 Å². The fourth-order valence-electron chi connectivity index (χ4n) is 0.519. The van der Waals surface area contributed by atoms with E-state index in [-0.39, 0.29) is 5.91 Å². The number of amides is 1. The normalized spacial score (nSPS) is 9.92. The minimum absolute atomic E-state index is 0.191. The molecule has 0 atom stereocenters. The predicted molar refractivity (Wildman–Crippen MR) is 57.3 cm³/mol. The molecule has 0 fully saturated rings. The number of nitrogens with zero attached hydrogens (tertiary/aromatic N) is 1. The van der Waals surface area contributed by atoms with E-state index >= 15 is 0 Å². The maximum atomic E-state index is 11.1. The van der Waals surface area contributed by atoms with E-state index in [1.54, 1.807) is 40.6 Å². The Hall–Kier alpha value is 0.130. The molecule has 0 heterocycles. The average Bonchev–Trinajstić information content (AvgIpc) is 2.03. The van der Waals surface area contributed by atoms with Crippen molar-refractivity contribution in [2.45, 2.75) is 6.42 Å². The zero-order valence-corrected chi connectivity index (χ0v) is 9.21. The first-order valence-corrected chi connectivity index (χ1v) is 6.32. The molecular formula is C7H16N2OS2. The molecule has 0 spiro atoms. The largest absolute Gasteiger partial charge is 0.349 e. The van der Waals surface area contributed by atoms with Gasteiger partial charge in [-0.2, -0.15) is 0 Å². The number of rotatable bonds is 6. The molecule has 0 aromatic carbocycles. The van der Waals surface area contributed by atoms with Gasteiger partial charge in [-0.15, -0.1) is 0 Å². The molecule has 0 aliphatic carbocycles. The van der Waals surface area contributed by atoms with Crippen molar-refractivity contribution < 1.29 is 4.79 Å². The zero-order chi connectivity index (χ0) is 9.40. The highest BCUT2D eigenvalue weighted by atomic mass is 33.1. The van der Waals surface area contributed by atoms with Crippen molar-refractivity contribution in [2.24, 2.45) is 5.73 Å². The van der Waals surface area contributed by atoms with Crippen LogP contribution in [-0.4, -0.2) is 43.0 Å². The second-order valence-corrected chi connectivity index (χ2v) is 5.17. The summed E-state index contributed by atoms with van der Waals surface area (Å²) < 4.78 is 0. The number of carbonyl (C=O) groups excluding carboxylic acids is 1. The highest BCUT2D eigenvalue weighted by Crippen LogP contribution is 2.20. The molecule has 1 amide bonds. The van der Waals surface area contributed by atoms with E-state index in [0.717, 1.165) is 11.5 Å². The topological polar surface area (TPSA) is 46.3 Å². The lowest BCUT2D eigenvalue weighted by Gasteiger charge is -2.08. The van der Waals surface area contributed by atoms with Crippen molar-refractivity contribution in [3.05, 3.63) is 0 Å². The molecule has 0 rings (SSSR count). The lowest BCUT2D eigenvalue weighted by atomic mass is 10.4. The SMILES string of the molecule is CN(C)C(=O)CCSSCCN. The van der Waals surface area contributed by atoms with Crippen LogP contribution < -0.4 is 5.73 Å². The van der Waals surface area contributed by atoms with Gasteiger partial charge in [-0.1, -0.05) is 21.6 Å². The van der Waals surface area contributed by atoms with Crippen molar-refractivity contribution in [2.75, 3.05) is 32.1 Å². The Morgan fingerprint density at radius 1 is 1.33 bits per heavy atom. The van der Waals surface area contributed by atoms with Crippen molar-refractivity contribution in [1.82, 2.24) is 4.90 Å². The second-order valence-electron chi connectivity index (χ2n) is 2.47. The quantitative estimate of drug-likeness (QED) is 0.518. The summed E-state index contributed by atoms with van der Waals surface area (Å²) in [5, 5.41) is 0. The summed E-state index contributed by atoms with van der Waals surface area (Å²) >= 11 is 0. The van der Waals surface area contributed by atoms with Crippen molar-refractivity contribution in [1.29, 1.82) is 0 Å². The van der Waals surface area contributed by atoms with Crippen LogP contribution in [0.25, 0.3) is 0 Å². The minimum Gasteiger partial charge on any atom is -0.349 e. The van der Waals surface area contributed by atoms with Gasteiger partial charge in [-0.3, -0.25) is 4.79 Å². The first kappa shape index (κ1) is 12.1. The second kappa shape index (κ2) is 7.76. The van der Waals surface area contributed by atoms with Crippen LogP contribution in [0.4, 0.5) is 0 Å². The van der Waals surface area contributed by atoms with Gasteiger partial charge >= 0.3 is 0 Å². The Morgan fingerprint density at radius 2 is 1.92 bits per heavy atom. The Morgan fingerprint density at radius 3 is 2.42 bits per heavy atom. The summed E-state index contributed by atoms with van der Waals surface area (Å²) in [4.78, 5) is 12.7. The van der Waals surface area contributed by atoms with E-state index in [2.05, 4.69) is 0 Å². The smallest absolute Gasteiger partial charge is 0.222 e. The summed E-state index contributed by atoms with van der Waals surface area (Å²) in [5.41, 5.74) is 5.31. The van der Waals surface area contributed by atoms with Crippen molar-refractivity contribution >= 4 is 27.5 Å². The van der Waals surface area contributed by atoms with Crippen LogP contribution in [0.2, 0.25) is 0 Å². The molecular weight excluding hydrogens is 192 g/mol. The summed E-state index contributed by atoms with van der Waals surface area (Å²) in [6.45, 7) is 0.708. The number of hydrogen-bond donors (Lipinski definition) is 1. The van der Waals surface area contributed by atoms with Gasteiger partial charge in [0.15, 0.2) is 0 Å². The third-order valence-electron chi connectivity index (χ3n) is 1.18. The highest BCUT2D eigenvalue weighted by molar-refractivity contribution is 8.76. The fourth-order valence-corrected chi connectivity index (χ4v) is 2.35. The van der Waals surface area contributed by atoms with Crippen LogP contribution in [0.15, 0.2) is 0 Å². The van der Waals surface area contributed by atoms with Crippen molar-refractivity contribution in [3.8, 4) is 0 Å². The van der Waals surface area contributed by atoms with E-state index < -0.39 is 0 Å². The molecule has 0 bridgehead atoms. The van der Waals surface area contributed by atoms with Gasteiger partial charge in [0.2, 0.25) is 5.91 Å². The summed E-state index contributed by atoms with van der Waals surface area (Å²) in [7, 11) is 7.00. The lowest BCUT2D eigenvalue weighted by Crippen LogP contribution is -2.21. The first-order valence-electron chi connectivity index (χ1n) is 3.83. The molecule has 12 heavy (non-hydrogen) atoms. The lowest BCUT2D eigenvalue weighted by molar-refractivity contribution is -0.128. The number of nitrogens with two attached hydrogens (primary N) is 1. The molecule has 0 saturated heterocycles. The van der Waals surface area contributed by atoms with Crippen molar-refractivity contribution in [3.63, 3.8) is 0 Å². The predicted octanol–water partition coefficient (Wildman–Crippen LogP) is 0.805. The molecule has 0 unspecified atom stereocenters. The number of hydrogen-bond acceptors (Lipinski definition) is 4. The van der Waals surface area contributed by atoms with E-state index in [1.165, 1.54) is 0 Å². The Labute approximate surface area is 81.8 Å². The Kier molecular flexibility index (Phi) is 7.85. The van der Waals surface area contributed by atoms with Gasteiger partial charge in [-0.25, -0.2) is 0 Å². The fraction of sp³-hybridized carbons (Fsp3) is 0.857. The summed E-state index contributed by atoms with van der Waals surface area (Å²) in [6, 6.07) is 0. The minimum atomic E-state index is 0.191. The van der Waals surface area contributed by atoms with Crippen LogP contribution in [0.5, 0.6) is 0 Å². The van der Waals surface area contributed by atoms with Gasteiger partial charge in [0.05, 0.1) is 0 Å². The Bertz CT molecular complexity index is 131. The van der Waals surface area contributed by atoms with Gasteiger partial charge in [0, 0.05) is 38.6 Å². The molecule has 2 N–H and O–H groups in total. The van der Waals surface area contributed by atoms with Crippen LogP contribution in [0.1, 0.15) is 6.42 Å². The van der Waals surface area contributed by atoms with Gasteiger partial charge in [0.25, 0.3) is 0 Å². The molecule has 0 aromatic heterocycles. The highest BCUT2D eigenvalue weighted by Gasteiger charge is 2.02. The molecule has 0 aliphatic rings. The van der Waals surface area contributed by atoms with Crippen LogP contribution in [0, 0.1) is 0 Å². The molecule has 0 saturated carbocycles. The van der Waals surface area contributed by atoms with Crippen LogP contribution >= 0.6 is 21.6 Å². The third-order valence-corrected chi connectivity index (χ3v) is 3.62. The maximum absolute atomic E-state index is 11.1. The summed E-state index contributed by atoms with van der Waals surface area (Å²) in [5.74, 6) is 2.03. The van der Waals surface area contributed by atoms with Crippen LogP contribution in [0.3, 0.4) is 0 Å². The number of carbonyl (C=O) groups is 1. The molecule has 0 radical (unpaired) electrons. The van der Waals surface area contributed by atoms with E-state index in [9.17, 15) is 4.79 Å². The molecule has 3 nitrogen and oxygen atoms in total. The van der Waals surface area contributed by atoms with Gasteiger partial charge < -0.3 is 10.6 Å². The Balaban J connectivity index is 3.14. The third kappa shape index (κ3) is 6.82. The standard InChI is InChI=1S/C7H16N2OS2/c1-9(2)7(10)3-5-11-12-6-4-8/h3-6,8H2,1-2H3. The van der Waals surface area contributed by atoms with E-state index in [0.29, 0.717) is 13.0 Å². The first-order chi connectivity index (χ1) is 5.68.